The summed E-state index contributed by atoms with van der Waals surface area (Å²) in [6.45, 7) is 2.85. The molecule has 0 fully saturated rings. The first-order valence-electron chi connectivity index (χ1n) is 10.2. The molecule has 1 aliphatic heterocycles. The van der Waals surface area contributed by atoms with E-state index in [0.717, 1.165) is 46.7 Å². The molecule has 0 spiro atoms. The van der Waals surface area contributed by atoms with Crippen LogP contribution in [0.4, 0.5) is 11.5 Å². The zero-order chi connectivity index (χ0) is 21.4. The van der Waals surface area contributed by atoms with Gasteiger partial charge in [0.15, 0.2) is 0 Å². The Labute approximate surface area is 180 Å². The van der Waals surface area contributed by atoms with Gasteiger partial charge in [-0.3, -0.25) is 0 Å². The number of aromatic nitrogens is 1. The van der Waals surface area contributed by atoms with Gasteiger partial charge in [-0.2, -0.15) is 0 Å². The lowest BCUT2D eigenvalue weighted by atomic mass is 10.1. The summed E-state index contributed by atoms with van der Waals surface area (Å²) in [4.78, 5) is 19.6. The van der Waals surface area contributed by atoms with E-state index < -0.39 is 0 Å². The third kappa shape index (κ3) is 3.70. The number of rotatable bonds is 4. The number of methoxy groups -OCH3 is 1. The third-order valence-corrected chi connectivity index (χ3v) is 5.59. The summed E-state index contributed by atoms with van der Waals surface area (Å²) in [6, 6.07) is 23.1. The molecule has 0 N–H and O–H groups in total. The Morgan fingerprint density at radius 3 is 2.42 bits per heavy atom. The van der Waals surface area contributed by atoms with E-state index in [9.17, 15) is 4.79 Å². The van der Waals surface area contributed by atoms with Gasteiger partial charge in [-0.1, -0.05) is 17.7 Å². The number of aryl methyl sites for hydroxylation is 1. The minimum absolute atomic E-state index is 0.367. The zero-order valence-corrected chi connectivity index (χ0v) is 17.5. The van der Waals surface area contributed by atoms with Gasteiger partial charge in [0.1, 0.15) is 17.3 Å². The standard InChI is InChI=1S/C26H22N2O3/c1-17-3-10-22(11-4-17)31-26(29)18-5-8-21(9-6-18)28-14-13-20-15-19-7-12-23(30-2)16-24(19)27-25(20)28/h3-12,15-16H,13-14H2,1-2H3. The van der Waals surface area contributed by atoms with Gasteiger partial charge >= 0.3 is 5.97 Å². The lowest BCUT2D eigenvalue weighted by Crippen LogP contribution is -2.15. The fourth-order valence-corrected chi connectivity index (χ4v) is 3.86. The molecule has 1 aliphatic rings. The first-order valence-corrected chi connectivity index (χ1v) is 10.2. The maximum Gasteiger partial charge on any atom is 0.343 e. The van der Waals surface area contributed by atoms with Gasteiger partial charge in [0.25, 0.3) is 0 Å². The molecule has 0 saturated carbocycles. The average Bonchev–Trinajstić information content (AvgIpc) is 3.21. The largest absolute Gasteiger partial charge is 0.497 e. The molecule has 0 amide bonds. The maximum absolute atomic E-state index is 12.5. The van der Waals surface area contributed by atoms with Crippen molar-refractivity contribution in [3.63, 3.8) is 0 Å². The molecule has 1 aromatic heterocycles. The number of benzene rings is 3. The number of ether oxygens (including phenoxy) is 2. The third-order valence-electron chi connectivity index (χ3n) is 5.59. The summed E-state index contributed by atoms with van der Waals surface area (Å²) in [5, 5.41) is 1.11. The summed E-state index contributed by atoms with van der Waals surface area (Å²) < 4.78 is 10.8. The number of fused-ring (bicyclic) bond motifs is 2. The highest BCUT2D eigenvalue weighted by atomic mass is 16.5. The van der Waals surface area contributed by atoms with E-state index in [1.165, 1.54) is 5.56 Å². The van der Waals surface area contributed by atoms with Gasteiger partial charge in [0.05, 0.1) is 18.2 Å². The highest BCUT2D eigenvalue weighted by molar-refractivity contribution is 5.92. The minimum Gasteiger partial charge on any atom is -0.497 e. The fourth-order valence-electron chi connectivity index (χ4n) is 3.86. The van der Waals surface area contributed by atoms with E-state index in [0.29, 0.717) is 11.3 Å². The second kappa shape index (κ2) is 7.76. The second-order valence-corrected chi connectivity index (χ2v) is 7.68. The van der Waals surface area contributed by atoms with Crippen molar-refractivity contribution in [2.75, 3.05) is 18.6 Å². The number of hydrogen-bond acceptors (Lipinski definition) is 5. The predicted molar refractivity (Wildman–Crippen MR) is 122 cm³/mol. The van der Waals surface area contributed by atoms with Crippen molar-refractivity contribution in [3.05, 3.63) is 89.5 Å². The van der Waals surface area contributed by atoms with Crippen molar-refractivity contribution in [3.8, 4) is 11.5 Å². The highest BCUT2D eigenvalue weighted by Crippen LogP contribution is 2.35. The monoisotopic (exact) mass is 410 g/mol. The van der Waals surface area contributed by atoms with Gasteiger partial charge in [-0.05, 0) is 73.5 Å². The quantitative estimate of drug-likeness (QED) is 0.330. The number of nitrogens with zero attached hydrogens (tertiary/aromatic N) is 2. The zero-order valence-electron chi connectivity index (χ0n) is 17.5. The SMILES string of the molecule is COc1ccc2cc3c(nc2c1)N(c1ccc(C(=O)Oc2ccc(C)cc2)cc1)CC3. The van der Waals surface area contributed by atoms with Crippen LogP contribution >= 0.6 is 0 Å². The van der Waals surface area contributed by atoms with Gasteiger partial charge in [0.2, 0.25) is 0 Å². The number of pyridine rings is 1. The average molecular weight is 410 g/mol. The number of carbonyl (C=O) groups is 1. The lowest BCUT2D eigenvalue weighted by Gasteiger charge is -2.19. The summed E-state index contributed by atoms with van der Waals surface area (Å²) in [5.74, 6) is 1.92. The van der Waals surface area contributed by atoms with Gasteiger partial charge in [0, 0.05) is 23.7 Å². The van der Waals surface area contributed by atoms with Crippen LogP contribution in [0, 0.1) is 6.92 Å². The molecular formula is C26H22N2O3. The van der Waals surface area contributed by atoms with Gasteiger partial charge < -0.3 is 14.4 Å². The fraction of sp³-hybridized carbons (Fsp3) is 0.154. The summed E-state index contributed by atoms with van der Waals surface area (Å²) >= 11 is 0. The van der Waals surface area contributed by atoms with Crippen LogP contribution in [-0.2, 0) is 6.42 Å². The molecule has 0 aliphatic carbocycles. The van der Waals surface area contributed by atoms with Crippen LogP contribution in [0.25, 0.3) is 10.9 Å². The van der Waals surface area contributed by atoms with Crippen LogP contribution in [0.1, 0.15) is 21.5 Å². The summed E-state index contributed by atoms with van der Waals surface area (Å²) in [5.41, 5.74) is 4.76. The van der Waals surface area contributed by atoms with Crippen LogP contribution < -0.4 is 14.4 Å². The molecule has 5 heteroatoms. The molecule has 5 nitrogen and oxygen atoms in total. The van der Waals surface area contributed by atoms with Gasteiger partial charge in [-0.15, -0.1) is 0 Å². The normalized spacial score (nSPS) is 12.6. The van der Waals surface area contributed by atoms with Crippen LogP contribution in [-0.4, -0.2) is 24.6 Å². The number of anilines is 2. The molecule has 0 unspecified atom stereocenters. The van der Waals surface area contributed by atoms with Crippen LogP contribution in [0.3, 0.4) is 0 Å². The molecule has 4 aromatic rings. The minimum atomic E-state index is -0.367. The first-order chi connectivity index (χ1) is 15.1. The number of carbonyl (C=O) groups excluding carboxylic acids is 1. The molecule has 5 rings (SSSR count). The predicted octanol–water partition coefficient (Wildman–Crippen LogP) is 5.47. The Morgan fingerprint density at radius 1 is 0.935 bits per heavy atom. The highest BCUT2D eigenvalue weighted by Gasteiger charge is 2.23. The Morgan fingerprint density at radius 2 is 1.68 bits per heavy atom. The lowest BCUT2D eigenvalue weighted by molar-refractivity contribution is 0.0735. The number of hydrogen-bond donors (Lipinski definition) is 0. The van der Waals surface area contributed by atoms with E-state index in [4.69, 9.17) is 14.5 Å². The summed E-state index contributed by atoms with van der Waals surface area (Å²) in [6.07, 6.45) is 0.932. The van der Waals surface area contributed by atoms with Gasteiger partial charge in [-0.25, -0.2) is 9.78 Å². The molecule has 31 heavy (non-hydrogen) atoms. The molecular weight excluding hydrogens is 388 g/mol. The van der Waals surface area contributed by atoms with E-state index >= 15 is 0 Å². The van der Waals surface area contributed by atoms with E-state index in [2.05, 4.69) is 11.0 Å². The topological polar surface area (TPSA) is 51.7 Å². The van der Waals surface area contributed by atoms with Crippen LogP contribution in [0.5, 0.6) is 11.5 Å². The Kier molecular flexibility index (Phi) is 4.79. The molecule has 0 radical (unpaired) electrons. The van der Waals surface area contributed by atoms with Crippen molar-refractivity contribution in [2.45, 2.75) is 13.3 Å². The van der Waals surface area contributed by atoms with Crippen molar-refractivity contribution in [1.29, 1.82) is 0 Å². The Hall–Kier alpha value is -3.86. The smallest absolute Gasteiger partial charge is 0.343 e. The van der Waals surface area contributed by atoms with E-state index in [-0.39, 0.29) is 5.97 Å². The van der Waals surface area contributed by atoms with Crippen molar-refractivity contribution >= 4 is 28.4 Å². The Balaban J connectivity index is 1.39. The molecule has 0 atom stereocenters. The first kappa shape index (κ1) is 19.1. The van der Waals surface area contributed by atoms with Crippen molar-refractivity contribution < 1.29 is 14.3 Å². The number of esters is 1. The molecule has 3 aromatic carbocycles. The van der Waals surface area contributed by atoms with E-state index in [1.54, 1.807) is 31.4 Å². The van der Waals surface area contributed by atoms with Crippen LogP contribution in [0.15, 0.2) is 72.8 Å². The van der Waals surface area contributed by atoms with Crippen molar-refractivity contribution in [2.24, 2.45) is 0 Å². The van der Waals surface area contributed by atoms with Crippen LogP contribution in [0.2, 0.25) is 0 Å². The molecule has 0 saturated heterocycles. The van der Waals surface area contributed by atoms with E-state index in [1.807, 2.05) is 49.4 Å². The second-order valence-electron chi connectivity index (χ2n) is 7.68. The maximum atomic E-state index is 12.5. The summed E-state index contributed by atoms with van der Waals surface area (Å²) in [7, 11) is 1.66. The van der Waals surface area contributed by atoms with Crippen molar-refractivity contribution in [1.82, 2.24) is 4.98 Å². The molecule has 0 bridgehead atoms. The molecule has 2 heterocycles. The Bertz CT molecular complexity index is 1260. The molecule has 154 valence electrons.